The number of hydrogen-bond donors (Lipinski definition) is 3. The quantitative estimate of drug-likeness (QED) is 0.365. The van der Waals surface area contributed by atoms with Gasteiger partial charge in [-0.15, -0.1) is 24.0 Å². The highest BCUT2D eigenvalue weighted by molar-refractivity contribution is 14.0. The van der Waals surface area contributed by atoms with Crippen LogP contribution in [0.15, 0.2) is 29.3 Å². The number of guanidine groups is 1. The Morgan fingerprint density at radius 3 is 2.83 bits per heavy atom. The smallest absolute Gasteiger partial charge is 0.243 e. The Labute approximate surface area is 158 Å². The summed E-state index contributed by atoms with van der Waals surface area (Å²) < 4.78 is 18.8. The van der Waals surface area contributed by atoms with Crippen molar-refractivity contribution in [3.8, 4) is 0 Å². The van der Waals surface area contributed by atoms with Gasteiger partial charge in [0.1, 0.15) is 5.82 Å². The molecule has 0 radical (unpaired) electrons. The molecule has 134 valence electrons. The van der Waals surface area contributed by atoms with Crippen LogP contribution < -0.4 is 16.0 Å². The van der Waals surface area contributed by atoms with Gasteiger partial charge in [0.2, 0.25) is 5.91 Å². The van der Waals surface area contributed by atoms with Crippen molar-refractivity contribution < 1.29 is 13.9 Å². The molecule has 1 unspecified atom stereocenters. The number of anilines is 1. The molecular formula is C16H24FIN4O2. The predicted molar refractivity (Wildman–Crippen MR) is 103 cm³/mol. The predicted octanol–water partition coefficient (Wildman–Crippen LogP) is 2.12. The molecule has 0 aromatic heterocycles. The van der Waals surface area contributed by atoms with E-state index in [-0.39, 0.29) is 42.0 Å². The lowest BCUT2D eigenvalue weighted by atomic mass is 10.0. The van der Waals surface area contributed by atoms with Crippen LogP contribution >= 0.6 is 24.0 Å². The van der Waals surface area contributed by atoms with Crippen molar-refractivity contribution >= 4 is 41.5 Å². The number of carbonyl (C=O) groups excluding carboxylic acids is 1. The number of halogens is 2. The van der Waals surface area contributed by atoms with Crippen LogP contribution in [0.5, 0.6) is 0 Å². The Hall–Kier alpha value is -1.42. The SMILES string of the molecule is CN=C(NCC(=O)Nc1cccc(F)c1)NCC1(C)CCCO1.I. The van der Waals surface area contributed by atoms with Crippen molar-refractivity contribution in [2.75, 3.05) is 32.1 Å². The van der Waals surface area contributed by atoms with Crippen molar-refractivity contribution in [1.82, 2.24) is 10.6 Å². The second-order valence-corrected chi connectivity index (χ2v) is 5.74. The third kappa shape index (κ3) is 6.60. The maximum atomic E-state index is 13.1. The molecule has 1 fully saturated rings. The standard InChI is InChI=1S/C16H23FN4O2.HI/c1-16(7-4-8-23-16)11-20-15(18-2)19-10-14(22)21-13-6-3-5-12(17)9-13;/h3,5-6,9H,4,7-8,10-11H2,1-2H3,(H,21,22)(H2,18,19,20);1H. The Bertz CT molecular complexity index is 577. The topological polar surface area (TPSA) is 74.8 Å². The molecule has 6 nitrogen and oxygen atoms in total. The van der Waals surface area contributed by atoms with Gasteiger partial charge in [0, 0.05) is 25.9 Å². The maximum absolute atomic E-state index is 13.1. The highest BCUT2D eigenvalue weighted by Crippen LogP contribution is 2.23. The summed E-state index contributed by atoms with van der Waals surface area (Å²) in [7, 11) is 1.64. The van der Waals surface area contributed by atoms with Crippen LogP contribution in [0.2, 0.25) is 0 Å². The molecule has 8 heteroatoms. The number of nitrogens with zero attached hydrogens (tertiary/aromatic N) is 1. The minimum absolute atomic E-state index is 0. The van der Waals surface area contributed by atoms with E-state index in [1.54, 1.807) is 19.2 Å². The summed E-state index contributed by atoms with van der Waals surface area (Å²) in [5.74, 6) is -0.143. The lowest BCUT2D eigenvalue weighted by Crippen LogP contribution is -2.47. The van der Waals surface area contributed by atoms with Crippen molar-refractivity contribution in [3.63, 3.8) is 0 Å². The Kier molecular flexibility index (Phi) is 8.40. The van der Waals surface area contributed by atoms with E-state index >= 15 is 0 Å². The first kappa shape index (κ1) is 20.6. The van der Waals surface area contributed by atoms with Gasteiger partial charge >= 0.3 is 0 Å². The summed E-state index contributed by atoms with van der Waals surface area (Å²) in [5.41, 5.74) is 0.230. The minimum Gasteiger partial charge on any atom is -0.373 e. The van der Waals surface area contributed by atoms with Gasteiger partial charge in [-0.1, -0.05) is 6.07 Å². The molecule has 1 saturated heterocycles. The van der Waals surface area contributed by atoms with E-state index in [2.05, 4.69) is 27.9 Å². The zero-order valence-electron chi connectivity index (χ0n) is 13.9. The van der Waals surface area contributed by atoms with Crippen LogP contribution in [0.25, 0.3) is 0 Å². The number of nitrogens with one attached hydrogen (secondary N) is 3. The van der Waals surface area contributed by atoms with Crippen LogP contribution in [0.1, 0.15) is 19.8 Å². The van der Waals surface area contributed by atoms with Crippen molar-refractivity contribution in [2.45, 2.75) is 25.4 Å². The number of benzene rings is 1. The first-order chi connectivity index (χ1) is 11.0. The van der Waals surface area contributed by atoms with Crippen molar-refractivity contribution in [1.29, 1.82) is 0 Å². The normalized spacial score (nSPS) is 20.2. The zero-order valence-corrected chi connectivity index (χ0v) is 16.2. The number of hydrogen-bond acceptors (Lipinski definition) is 3. The van der Waals surface area contributed by atoms with Gasteiger partial charge in [-0.3, -0.25) is 9.79 Å². The molecule has 1 amide bonds. The maximum Gasteiger partial charge on any atom is 0.243 e. The molecule has 0 aliphatic carbocycles. The van der Waals surface area contributed by atoms with Crippen molar-refractivity contribution in [3.05, 3.63) is 30.1 Å². The third-order valence-electron chi connectivity index (χ3n) is 3.68. The molecule has 0 bridgehead atoms. The average Bonchev–Trinajstić information content (AvgIpc) is 2.94. The summed E-state index contributed by atoms with van der Waals surface area (Å²) in [6, 6.07) is 5.77. The largest absolute Gasteiger partial charge is 0.373 e. The van der Waals surface area contributed by atoms with E-state index in [0.29, 0.717) is 18.2 Å². The van der Waals surface area contributed by atoms with Gasteiger partial charge in [0.25, 0.3) is 0 Å². The van der Waals surface area contributed by atoms with Crippen molar-refractivity contribution in [2.24, 2.45) is 4.99 Å². The van der Waals surface area contributed by atoms with Gasteiger partial charge in [-0.2, -0.15) is 0 Å². The van der Waals surface area contributed by atoms with E-state index in [9.17, 15) is 9.18 Å². The number of aliphatic imine (C=N–C) groups is 1. The van der Waals surface area contributed by atoms with E-state index in [1.807, 2.05) is 0 Å². The monoisotopic (exact) mass is 450 g/mol. The van der Waals surface area contributed by atoms with Crippen LogP contribution in [0.4, 0.5) is 10.1 Å². The van der Waals surface area contributed by atoms with E-state index < -0.39 is 5.82 Å². The summed E-state index contributed by atoms with van der Waals surface area (Å²) >= 11 is 0. The molecule has 1 aromatic carbocycles. The molecule has 1 aliphatic rings. The van der Waals surface area contributed by atoms with Gasteiger partial charge < -0.3 is 20.7 Å². The minimum atomic E-state index is -0.391. The Morgan fingerprint density at radius 2 is 2.21 bits per heavy atom. The third-order valence-corrected chi connectivity index (χ3v) is 3.68. The lowest BCUT2D eigenvalue weighted by molar-refractivity contribution is -0.115. The highest BCUT2D eigenvalue weighted by atomic mass is 127. The van der Waals surface area contributed by atoms with Gasteiger partial charge in [0.15, 0.2) is 5.96 Å². The Morgan fingerprint density at radius 1 is 1.42 bits per heavy atom. The van der Waals surface area contributed by atoms with Crippen LogP contribution in [0, 0.1) is 5.82 Å². The van der Waals surface area contributed by atoms with Gasteiger partial charge in [-0.05, 0) is 38.0 Å². The summed E-state index contributed by atoms with van der Waals surface area (Å²) in [6.07, 6.45) is 2.05. The zero-order chi connectivity index (χ0) is 16.7. The summed E-state index contributed by atoms with van der Waals surface area (Å²) in [5, 5.41) is 8.69. The van der Waals surface area contributed by atoms with Crippen LogP contribution in [-0.4, -0.2) is 44.2 Å². The Balaban J connectivity index is 0.00000288. The first-order valence-corrected chi connectivity index (χ1v) is 7.65. The average molecular weight is 450 g/mol. The fourth-order valence-corrected chi connectivity index (χ4v) is 2.40. The number of carbonyl (C=O) groups is 1. The molecule has 1 aliphatic heterocycles. The first-order valence-electron chi connectivity index (χ1n) is 7.65. The highest BCUT2D eigenvalue weighted by Gasteiger charge is 2.29. The van der Waals surface area contributed by atoms with E-state index in [4.69, 9.17) is 4.74 Å². The molecular weight excluding hydrogens is 426 g/mol. The fourth-order valence-electron chi connectivity index (χ4n) is 2.40. The molecule has 1 atom stereocenters. The molecule has 0 spiro atoms. The number of ether oxygens (including phenoxy) is 1. The second kappa shape index (κ2) is 9.77. The van der Waals surface area contributed by atoms with Crippen LogP contribution in [-0.2, 0) is 9.53 Å². The van der Waals surface area contributed by atoms with E-state index in [1.165, 1.54) is 12.1 Å². The molecule has 1 aromatic rings. The summed E-state index contributed by atoms with van der Waals surface area (Å²) in [6.45, 7) is 3.49. The number of amides is 1. The molecule has 24 heavy (non-hydrogen) atoms. The molecule has 0 saturated carbocycles. The molecule has 1 heterocycles. The molecule has 3 N–H and O–H groups in total. The number of rotatable bonds is 5. The van der Waals surface area contributed by atoms with Gasteiger partial charge in [-0.25, -0.2) is 4.39 Å². The van der Waals surface area contributed by atoms with Gasteiger partial charge in [0.05, 0.1) is 12.1 Å². The van der Waals surface area contributed by atoms with Crippen LogP contribution in [0.3, 0.4) is 0 Å². The summed E-state index contributed by atoms with van der Waals surface area (Å²) in [4.78, 5) is 15.9. The second-order valence-electron chi connectivity index (χ2n) is 5.74. The van der Waals surface area contributed by atoms with E-state index in [0.717, 1.165) is 19.4 Å². The lowest BCUT2D eigenvalue weighted by Gasteiger charge is -2.24. The fraction of sp³-hybridized carbons (Fsp3) is 0.500. The molecule has 2 rings (SSSR count).